The van der Waals surface area contributed by atoms with Gasteiger partial charge in [-0.1, -0.05) is 19.3 Å². The van der Waals surface area contributed by atoms with Gasteiger partial charge in [0, 0.05) is 6.07 Å². The number of phenolic OH excluding ortho intramolecular Hbond substituents is 1. The molecule has 1 atom stereocenters. The second-order valence-electron chi connectivity index (χ2n) is 5.70. The molecule has 1 aromatic rings. The van der Waals surface area contributed by atoms with Gasteiger partial charge in [-0.25, -0.2) is 4.79 Å². The molecular weight excluding hydrogens is 268 g/mol. The van der Waals surface area contributed by atoms with E-state index in [-0.39, 0.29) is 11.9 Å². The van der Waals surface area contributed by atoms with E-state index in [1.54, 1.807) is 7.11 Å². The van der Waals surface area contributed by atoms with Crippen molar-refractivity contribution < 1.29 is 19.4 Å². The lowest BCUT2D eigenvalue weighted by Crippen LogP contribution is -2.17. The van der Waals surface area contributed by atoms with Crippen molar-refractivity contribution in [2.75, 3.05) is 7.11 Å². The van der Waals surface area contributed by atoms with Crippen molar-refractivity contribution in [1.29, 1.82) is 0 Å². The standard InChI is InChI=1S/C17H24O4/c1-12-8-6-4-3-5-7-9-13-10-14(20-2)11-15(18)16(13)17(19)21-12/h10-12,18H,3-9H2,1-2H3/t12-/m0/s1. The molecule has 1 N–H and O–H groups in total. The number of hydrogen-bond donors (Lipinski definition) is 1. The van der Waals surface area contributed by atoms with Crippen LogP contribution < -0.4 is 4.74 Å². The Morgan fingerprint density at radius 3 is 2.67 bits per heavy atom. The molecule has 21 heavy (non-hydrogen) atoms. The summed E-state index contributed by atoms with van der Waals surface area (Å²) in [5, 5.41) is 10.1. The third-order valence-electron chi connectivity index (χ3n) is 3.98. The summed E-state index contributed by atoms with van der Waals surface area (Å²) in [4.78, 5) is 12.3. The predicted molar refractivity (Wildman–Crippen MR) is 80.9 cm³/mol. The molecular formula is C17H24O4. The van der Waals surface area contributed by atoms with Crippen molar-refractivity contribution in [2.24, 2.45) is 0 Å². The molecule has 0 aliphatic carbocycles. The maximum Gasteiger partial charge on any atom is 0.342 e. The van der Waals surface area contributed by atoms with Crippen molar-refractivity contribution in [3.05, 3.63) is 23.3 Å². The van der Waals surface area contributed by atoms with Crippen LogP contribution in [0.3, 0.4) is 0 Å². The molecule has 1 heterocycles. The van der Waals surface area contributed by atoms with Crippen molar-refractivity contribution in [3.8, 4) is 11.5 Å². The number of phenols is 1. The average Bonchev–Trinajstić information content (AvgIpc) is 2.44. The van der Waals surface area contributed by atoms with Gasteiger partial charge in [0.25, 0.3) is 0 Å². The van der Waals surface area contributed by atoms with E-state index < -0.39 is 5.97 Å². The Morgan fingerprint density at radius 1 is 1.19 bits per heavy atom. The number of hydrogen-bond acceptors (Lipinski definition) is 4. The van der Waals surface area contributed by atoms with Crippen LogP contribution in [0.5, 0.6) is 11.5 Å². The number of ether oxygens (including phenoxy) is 2. The Labute approximate surface area is 126 Å². The first-order valence-corrected chi connectivity index (χ1v) is 7.72. The first-order chi connectivity index (χ1) is 10.1. The summed E-state index contributed by atoms with van der Waals surface area (Å²) in [5.74, 6) is 0.0797. The van der Waals surface area contributed by atoms with Crippen LogP contribution in [0.25, 0.3) is 0 Å². The van der Waals surface area contributed by atoms with Gasteiger partial charge >= 0.3 is 5.97 Å². The summed E-state index contributed by atoms with van der Waals surface area (Å²) >= 11 is 0. The van der Waals surface area contributed by atoms with E-state index in [1.807, 2.05) is 13.0 Å². The fraction of sp³-hybridized carbons (Fsp3) is 0.588. The third kappa shape index (κ3) is 4.13. The Morgan fingerprint density at radius 2 is 1.90 bits per heavy atom. The molecule has 0 radical (unpaired) electrons. The van der Waals surface area contributed by atoms with Crippen molar-refractivity contribution in [1.82, 2.24) is 0 Å². The van der Waals surface area contributed by atoms with Gasteiger partial charge in [0.05, 0.1) is 13.2 Å². The molecule has 2 rings (SSSR count). The minimum Gasteiger partial charge on any atom is -0.507 e. The number of carbonyl (C=O) groups is 1. The SMILES string of the molecule is COc1cc(O)c2c(c1)CCCCCCC[C@H](C)OC2=O. The van der Waals surface area contributed by atoms with Gasteiger partial charge in [0.15, 0.2) is 0 Å². The molecule has 0 fully saturated rings. The zero-order valence-corrected chi connectivity index (χ0v) is 12.9. The van der Waals surface area contributed by atoms with E-state index in [0.717, 1.165) is 37.7 Å². The zero-order valence-electron chi connectivity index (χ0n) is 12.9. The minimum absolute atomic E-state index is 0.0568. The lowest BCUT2D eigenvalue weighted by Gasteiger charge is -2.18. The van der Waals surface area contributed by atoms with Crippen LogP contribution in [-0.2, 0) is 11.2 Å². The first-order valence-electron chi connectivity index (χ1n) is 7.72. The van der Waals surface area contributed by atoms with Gasteiger partial charge in [-0.3, -0.25) is 0 Å². The molecule has 0 saturated heterocycles. The Balaban J connectivity index is 2.33. The quantitative estimate of drug-likeness (QED) is 0.799. The smallest absolute Gasteiger partial charge is 0.342 e. The fourth-order valence-corrected chi connectivity index (χ4v) is 2.79. The number of cyclic esters (lactones) is 1. The number of benzene rings is 1. The first kappa shape index (κ1) is 15.7. The van der Waals surface area contributed by atoms with Crippen LogP contribution in [0, 0.1) is 0 Å². The highest BCUT2D eigenvalue weighted by atomic mass is 16.5. The van der Waals surface area contributed by atoms with Gasteiger partial charge in [-0.05, 0) is 44.2 Å². The van der Waals surface area contributed by atoms with E-state index in [2.05, 4.69) is 0 Å². The fourth-order valence-electron chi connectivity index (χ4n) is 2.79. The third-order valence-corrected chi connectivity index (χ3v) is 3.98. The van der Waals surface area contributed by atoms with Crippen molar-refractivity contribution in [3.63, 3.8) is 0 Å². The maximum absolute atomic E-state index is 12.3. The monoisotopic (exact) mass is 292 g/mol. The lowest BCUT2D eigenvalue weighted by molar-refractivity contribution is 0.0314. The maximum atomic E-state index is 12.3. The molecule has 0 amide bonds. The van der Waals surface area contributed by atoms with E-state index in [4.69, 9.17) is 9.47 Å². The Hall–Kier alpha value is -1.71. The summed E-state index contributed by atoms with van der Waals surface area (Å²) in [7, 11) is 1.55. The van der Waals surface area contributed by atoms with E-state index >= 15 is 0 Å². The van der Waals surface area contributed by atoms with Crippen molar-refractivity contribution >= 4 is 5.97 Å². The number of carbonyl (C=O) groups excluding carboxylic acids is 1. The molecule has 0 aromatic heterocycles. The molecule has 0 spiro atoms. The number of aromatic hydroxyl groups is 1. The zero-order chi connectivity index (χ0) is 15.2. The molecule has 0 saturated carbocycles. The Bertz CT molecular complexity index is 496. The van der Waals surface area contributed by atoms with Crippen molar-refractivity contribution in [2.45, 2.75) is 58.0 Å². The number of aryl methyl sites for hydroxylation is 1. The van der Waals surface area contributed by atoms with Crippen LogP contribution in [0.4, 0.5) is 0 Å². The second kappa shape index (κ2) is 7.34. The summed E-state index contributed by atoms with van der Waals surface area (Å²) in [6.07, 6.45) is 7.11. The molecule has 0 unspecified atom stereocenters. The lowest BCUT2D eigenvalue weighted by atomic mass is 9.98. The summed E-state index contributed by atoms with van der Waals surface area (Å²) < 4.78 is 10.6. The highest BCUT2D eigenvalue weighted by Gasteiger charge is 2.21. The predicted octanol–water partition coefficient (Wildman–Crippen LogP) is 3.84. The van der Waals surface area contributed by atoms with E-state index in [0.29, 0.717) is 11.3 Å². The number of esters is 1. The van der Waals surface area contributed by atoms with Gasteiger partial charge < -0.3 is 14.6 Å². The van der Waals surface area contributed by atoms with Crippen LogP contribution in [-0.4, -0.2) is 24.3 Å². The van der Waals surface area contributed by atoms with Crippen LogP contribution in [0.15, 0.2) is 12.1 Å². The Kier molecular flexibility index (Phi) is 5.48. The number of methoxy groups -OCH3 is 1. The van der Waals surface area contributed by atoms with Crippen LogP contribution >= 0.6 is 0 Å². The molecule has 0 bridgehead atoms. The molecule has 1 aliphatic heterocycles. The molecule has 116 valence electrons. The molecule has 4 nitrogen and oxygen atoms in total. The minimum atomic E-state index is -0.432. The van der Waals surface area contributed by atoms with E-state index in [1.165, 1.54) is 18.9 Å². The van der Waals surface area contributed by atoms with E-state index in [9.17, 15) is 9.90 Å². The summed E-state index contributed by atoms with van der Waals surface area (Å²) in [5.41, 5.74) is 1.10. The van der Waals surface area contributed by atoms with Crippen LogP contribution in [0.1, 0.15) is 61.4 Å². The molecule has 1 aromatic carbocycles. The second-order valence-corrected chi connectivity index (χ2v) is 5.70. The van der Waals surface area contributed by atoms with Gasteiger partial charge in [0.1, 0.15) is 17.1 Å². The van der Waals surface area contributed by atoms with Gasteiger partial charge in [0.2, 0.25) is 0 Å². The highest BCUT2D eigenvalue weighted by molar-refractivity contribution is 5.94. The summed E-state index contributed by atoms with van der Waals surface area (Å²) in [6.45, 7) is 1.91. The average molecular weight is 292 g/mol. The molecule has 1 aliphatic rings. The highest BCUT2D eigenvalue weighted by Crippen LogP contribution is 2.30. The summed E-state index contributed by atoms with van der Waals surface area (Å²) in [6, 6.07) is 3.30. The van der Waals surface area contributed by atoms with Gasteiger partial charge in [-0.2, -0.15) is 0 Å². The van der Waals surface area contributed by atoms with Crippen LogP contribution in [0.2, 0.25) is 0 Å². The number of rotatable bonds is 1. The van der Waals surface area contributed by atoms with Gasteiger partial charge in [-0.15, -0.1) is 0 Å². The number of fused-ring (bicyclic) bond motifs is 1. The normalized spacial score (nSPS) is 20.7. The molecule has 4 heteroatoms. The topological polar surface area (TPSA) is 55.8 Å². The largest absolute Gasteiger partial charge is 0.507 e.